The highest BCUT2D eigenvalue weighted by molar-refractivity contribution is 7.22. The van der Waals surface area contributed by atoms with E-state index in [-0.39, 0.29) is 42.3 Å². The first-order valence-corrected chi connectivity index (χ1v) is 23.6. The zero-order chi connectivity index (χ0) is 47.1. The smallest absolute Gasteiger partial charge is 0.355 e. The van der Waals surface area contributed by atoms with Crippen LogP contribution >= 0.6 is 11.3 Å². The number of ether oxygens (including phenoxy) is 1. The molecule has 3 aromatic heterocycles. The molecule has 17 heteroatoms. The van der Waals surface area contributed by atoms with Crippen LogP contribution in [0.2, 0.25) is 0 Å². The number of nitrogens with zero attached hydrogens (tertiary/aromatic N) is 6. The van der Waals surface area contributed by atoms with E-state index in [0.717, 1.165) is 58.2 Å². The van der Waals surface area contributed by atoms with Gasteiger partial charge in [0.05, 0.1) is 46.2 Å². The van der Waals surface area contributed by atoms with Crippen LogP contribution in [-0.4, -0.2) is 92.1 Å². The number of imide groups is 1. The summed E-state index contributed by atoms with van der Waals surface area (Å²) in [5.74, 6) is -1.22. The molecule has 4 amide bonds. The average Bonchev–Trinajstić information content (AvgIpc) is 4.05. The lowest BCUT2D eigenvalue weighted by Crippen LogP contribution is -2.39. The van der Waals surface area contributed by atoms with Gasteiger partial charge >= 0.3 is 5.97 Å². The lowest BCUT2D eigenvalue weighted by molar-refractivity contribution is -0.134. The number of thiazole rings is 1. The first-order valence-electron chi connectivity index (χ1n) is 22.8. The summed E-state index contributed by atoms with van der Waals surface area (Å²) in [5.41, 5.74) is 7.15. The van der Waals surface area contributed by atoms with Crippen molar-refractivity contribution in [1.82, 2.24) is 30.0 Å². The molecule has 16 nitrogen and oxygen atoms in total. The van der Waals surface area contributed by atoms with E-state index >= 15 is 0 Å². The molecule has 3 aliphatic heterocycles. The first kappa shape index (κ1) is 44.3. The summed E-state index contributed by atoms with van der Waals surface area (Å²) >= 11 is 1.42. The van der Waals surface area contributed by atoms with Gasteiger partial charge in [-0.1, -0.05) is 59.9 Å². The zero-order valence-corrected chi connectivity index (χ0v) is 38.4. The maximum absolute atomic E-state index is 13.6. The predicted octanol–water partition coefficient (Wildman–Crippen LogP) is 7.32. The topological polar surface area (TPSA) is 201 Å². The number of nitrogens with one attached hydrogen (secondary N) is 3. The number of aryl methyl sites for hydroxylation is 1. The number of fused-ring (bicyclic) bond motifs is 3. The van der Waals surface area contributed by atoms with Crippen molar-refractivity contribution < 1.29 is 33.8 Å². The van der Waals surface area contributed by atoms with Crippen LogP contribution in [0.3, 0.4) is 0 Å². The van der Waals surface area contributed by atoms with Gasteiger partial charge in [0.1, 0.15) is 11.6 Å². The summed E-state index contributed by atoms with van der Waals surface area (Å²) in [6.45, 7) is 5.10. The minimum atomic E-state index is -1.15. The number of pyridine rings is 1. The zero-order valence-electron chi connectivity index (χ0n) is 37.6. The summed E-state index contributed by atoms with van der Waals surface area (Å²) in [4.78, 5) is 77.6. The molecule has 0 saturated carbocycles. The molecule has 0 spiro atoms. The lowest BCUT2D eigenvalue weighted by Gasteiger charge is -2.31. The number of piperidine rings is 1. The molecule has 4 N–H and O–H groups in total. The summed E-state index contributed by atoms with van der Waals surface area (Å²) in [7, 11) is 1.78. The van der Waals surface area contributed by atoms with E-state index in [0.29, 0.717) is 88.7 Å². The number of carboxylic acids is 1. The third-order valence-electron chi connectivity index (χ3n) is 13.3. The number of benzene rings is 4. The summed E-state index contributed by atoms with van der Waals surface area (Å²) in [6.07, 6.45) is 3.00. The largest absolute Gasteiger partial charge is 0.493 e. The minimum Gasteiger partial charge on any atom is -0.493 e. The molecule has 10 rings (SSSR count). The van der Waals surface area contributed by atoms with Gasteiger partial charge in [-0.15, -0.1) is 0 Å². The number of amides is 4. The van der Waals surface area contributed by atoms with Crippen LogP contribution in [0, 0.1) is 12.8 Å². The molecule has 0 bridgehead atoms. The Bertz CT molecular complexity index is 3130. The molecule has 68 heavy (non-hydrogen) atoms. The number of aromatic nitrogens is 4. The molecular formula is C51H49N9O7S. The molecule has 1 unspecified atom stereocenters. The number of carbonyl (C=O) groups is 5. The Hall–Kier alpha value is -7.50. The van der Waals surface area contributed by atoms with Crippen molar-refractivity contribution in [1.29, 1.82) is 0 Å². The van der Waals surface area contributed by atoms with Crippen molar-refractivity contribution >= 4 is 78.7 Å². The monoisotopic (exact) mass is 931 g/mol. The van der Waals surface area contributed by atoms with E-state index in [9.17, 15) is 29.1 Å². The van der Waals surface area contributed by atoms with E-state index in [1.807, 2.05) is 96.8 Å². The van der Waals surface area contributed by atoms with E-state index in [4.69, 9.17) is 9.72 Å². The summed E-state index contributed by atoms with van der Waals surface area (Å²) in [5, 5.41) is 24.9. The molecule has 2 fully saturated rings. The molecule has 4 aromatic carbocycles. The van der Waals surface area contributed by atoms with E-state index in [2.05, 4.69) is 30.9 Å². The Morgan fingerprint density at radius 1 is 0.897 bits per heavy atom. The van der Waals surface area contributed by atoms with Crippen LogP contribution in [0.15, 0.2) is 91.0 Å². The molecule has 7 aromatic rings. The van der Waals surface area contributed by atoms with E-state index in [1.165, 1.54) is 11.3 Å². The van der Waals surface area contributed by atoms with Crippen molar-refractivity contribution in [2.45, 2.75) is 51.5 Å². The number of hydrogen-bond donors (Lipinski definition) is 4. The van der Waals surface area contributed by atoms with Crippen LogP contribution in [0.1, 0.15) is 74.8 Å². The highest BCUT2D eigenvalue weighted by Crippen LogP contribution is 2.36. The SMILES string of the molecule is Cc1c(OCC[C@H]2CCN(CC(=O)Nc3cccc4c(C5CCC(=O)NC5=O)nn(C)c34)C2)cccc1-c1ccc(N2CCc3cccc(C(=O)Nc4nc5ccccc5s4)c3C2)nc1C(=O)O. The molecule has 2 saturated heterocycles. The van der Waals surface area contributed by atoms with Gasteiger partial charge in [-0.3, -0.25) is 39.4 Å². The third-order valence-corrected chi connectivity index (χ3v) is 14.2. The van der Waals surface area contributed by atoms with Crippen molar-refractivity contribution in [3.05, 3.63) is 125 Å². The number of aromatic carboxylic acids is 1. The van der Waals surface area contributed by atoms with Gasteiger partial charge < -0.3 is 20.1 Å². The van der Waals surface area contributed by atoms with Gasteiger partial charge in [0.25, 0.3) is 5.91 Å². The quantitative estimate of drug-likeness (QED) is 0.0842. The number of likely N-dealkylation sites (tertiary alicyclic amines) is 1. The molecule has 2 atom stereocenters. The Morgan fingerprint density at radius 3 is 2.57 bits per heavy atom. The van der Waals surface area contributed by atoms with Crippen molar-refractivity contribution in [3.63, 3.8) is 0 Å². The van der Waals surface area contributed by atoms with E-state index < -0.39 is 11.9 Å². The molecule has 0 radical (unpaired) electrons. The molecule has 3 aliphatic rings. The second-order valence-corrected chi connectivity index (χ2v) is 18.7. The lowest BCUT2D eigenvalue weighted by atomic mass is 9.92. The molecule has 0 aliphatic carbocycles. The van der Waals surface area contributed by atoms with Gasteiger partial charge in [-0.25, -0.2) is 14.8 Å². The normalized spacial score (nSPS) is 17.3. The third kappa shape index (κ3) is 8.89. The fraction of sp³-hybridized carbons (Fsp3) is 0.294. The second-order valence-electron chi connectivity index (χ2n) is 17.6. The van der Waals surface area contributed by atoms with Crippen molar-refractivity contribution in [2.75, 3.05) is 48.3 Å². The van der Waals surface area contributed by atoms with Crippen LogP contribution in [-0.2, 0) is 34.4 Å². The Balaban J connectivity index is 0.755. The van der Waals surface area contributed by atoms with Crippen LogP contribution in [0.4, 0.5) is 16.6 Å². The number of carbonyl (C=O) groups excluding carboxylic acids is 4. The Kier molecular flexibility index (Phi) is 12.2. The number of carboxylic acid groups (broad SMARTS) is 1. The second kappa shape index (κ2) is 18.6. The van der Waals surface area contributed by atoms with Crippen molar-refractivity contribution in [3.8, 4) is 16.9 Å². The number of rotatable bonds is 13. The Labute approximate surface area is 395 Å². The number of anilines is 3. The minimum absolute atomic E-state index is 0.0699. The highest BCUT2D eigenvalue weighted by Gasteiger charge is 2.33. The average molecular weight is 932 g/mol. The van der Waals surface area contributed by atoms with Gasteiger partial charge in [0.15, 0.2) is 10.8 Å². The van der Waals surface area contributed by atoms with Crippen LogP contribution < -0.4 is 25.6 Å². The molecular weight excluding hydrogens is 883 g/mol. The molecule has 6 heterocycles. The fourth-order valence-electron chi connectivity index (χ4n) is 9.84. The number of hydrogen-bond acceptors (Lipinski definition) is 12. The van der Waals surface area contributed by atoms with E-state index in [1.54, 1.807) is 17.8 Å². The highest BCUT2D eigenvalue weighted by atomic mass is 32.1. The van der Waals surface area contributed by atoms with Gasteiger partial charge in [0, 0.05) is 49.6 Å². The van der Waals surface area contributed by atoms with Gasteiger partial charge in [-0.2, -0.15) is 5.10 Å². The van der Waals surface area contributed by atoms with Crippen LogP contribution in [0.5, 0.6) is 5.75 Å². The maximum atomic E-state index is 13.6. The standard InChI is InChI=1S/C51H49N9O7S/c1-29-32(33-16-18-42(54-46(33)50(65)66)60-24-21-31-8-5-10-34(37(31)27-60)48(63)56-51-53-38-12-3-4-15-41(38)68-51)9-7-14-40(29)67-25-22-30-20-23-59(26-30)28-44(62)52-39-13-6-11-35-45(57-58(2)47(35)39)36-17-19-43(61)55-49(36)64/h3-16,18,30,36H,17,19-28H2,1-2H3,(H,52,62)(H,65,66)(H,53,56,63)(H,55,61,64)/t30-,36?/m1/s1. The van der Waals surface area contributed by atoms with Gasteiger partial charge in [-0.05, 0) is 110 Å². The summed E-state index contributed by atoms with van der Waals surface area (Å²) in [6, 6.07) is 28.3. The van der Waals surface area contributed by atoms with Crippen molar-refractivity contribution in [2.24, 2.45) is 13.0 Å². The Morgan fingerprint density at radius 2 is 1.74 bits per heavy atom. The maximum Gasteiger partial charge on any atom is 0.355 e. The van der Waals surface area contributed by atoms with Crippen LogP contribution in [0.25, 0.3) is 32.2 Å². The predicted molar refractivity (Wildman–Crippen MR) is 259 cm³/mol. The summed E-state index contributed by atoms with van der Waals surface area (Å²) < 4.78 is 9.00. The van der Waals surface area contributed by atoms with Gasteiger partial charge in [0.2, 0.25) is 17.7 Å². The molecule has 346 valence electrons. The fourth-order valence-corrected chi connectivity index (χ4v) is 10.7. The first-order chi connectivity index (χ1) is 33.0. The number of para-hydroxylation sites is 2.